The number of fused-ring (bicyclic) bond motifs is 1. The molecule has 16 heavy (non-hydrogen) atoms. The quantitative estimate of drug-likeness (QED) is 0.653. The van der Waals surface area contributed by atoms with E-state index in [0.29, 0.717) is 5.17 Å². The maximum absolute atomic E-state index is 13.8. The average Bonchev–Trinajstić information content (AvgIpc) is 2.67. The first-order chi connectivity index (χ1) is 7.54. The van der Waals surface area contributed by atoms with Crippen LogP contribution in [0, 0.1) is 0 Å². The number of ether oxygens (including phenoxy) is 1. The molecule has 5 nitrogen and oxygen atoms in total. The van der Waals surface area contributed by atoms with Crippen LogP contribution in [-0.4, -0.2) is 70.8 Å². The van der Waals surface area contributed by atoms with Crippen molar-refractivity contribution in [2.75, 3.05) is 20.7 Å². The molecule has 0 bridgehead atoms. The minimum atomic E-state index is -1.49. The summed E-state index contributed by atoms with van der Waals surface area (Å²) in [4.78, 5) is 5.95. The first-order valence-corrected chi connectivity index (χ1v) is 5.92. The molecule has 0 spiro atoms. The van der Waals surface area contributed by atoms with Crippen molar-refractivity contribution in [3.63, 3.8) is 0 Å². The maximum Gasteiger partial charge on any atom is 0.161 e. The molecule has 7 heteroatoms. The Bertz CT molecular complexity index is 302. The van der Waals surface area contributed by atoms with E-state index in [1.54, 1.807) is 4.90 Å². The molecule has 2 N–H and O–H groups in total. The number of alkyl halides is 1. The van der Waals surface area contributed by atoms with E-state index in [-0.39, 0.29) is 6.61 Å². The van der Waals surface area contributed by atoms with Crippen molar-refractivity contribution in [3.05, 3.63) is 0 Å². The fraction of sp³-hybridized carbons (Fsp3) is 0.889. The second-order valence-electron chi connectivity index (χ2n) is 4.08. The number of nitrogens with zero attached hydrogens (tertiary/aromatic N) is 2. The molecule has 0 saturated carbocycles. The van der Waals surface area contributed by atoms with Crippen LogP contribution in [0.4, 0.5) is 4.39 Å². The lowest BCUT2D eigenvalue weighted by Crippen LogP contribution is -2.53. The summed E-state index contributed by atoms with van der Waals surface area (Å²) in [7, 11) is 3.63. The number of halogens is 1. The minimum absolute atomic E-state index is 0.386. The van der Waals surface area contributed by atoms with E-state index in [2.05, 4.69) is 4.99 Å². The van der Waals surface area contributed by atoms with Crippen LogP contribution >= 0.6 is 11.8 Å². The fourth-order valence-corrected chi connectivity index (χ4v) is 2.90. The van der Waals surface area contributed by atoms with Crippen LogP contribution in [0.5, 0.6) is 0 Å². The smallest absolute Gasteiger partial charge is 0.161 e. The van der Waals surface area contributed by atoms with Crippen LogP contribution in [0.3, 0.4) is 0 Å². The number of amidine groups is 1. The van der Waals surface area contributed by atoms with E-state index in [0.717, 1.165) is 0 Å². The van der Waals surface area contributed by atoms with E-state index in [9.17, 15) is 9.50 Å². The Labute approximate surface area is 97.3 Å². The number of thioether (sulfide) groups is 1. The van der Waals surface area contributed by atoms with Gasteiger partial charge in [0.2, 0.25) is 0 Å². The summed E-state index contributed by atoms with van der Waals surface area (Å²) in [6.07, 6.45) is -3.65. The Kier molecular flexibility index (Phi) is 3.39. The molecule has 0 aliphatic carbocycles. The van der Waals surface area contributed by atoms with Gasteiger partial charge in [0.05, 0.1) is 6.61 Å². The van der Waals surface area contributed by atoms with Gasteiger partial charge in [0.1, 0.15) is 23.7 Å². The van der Waals surface area contributed by atoms with Crippen LogP contribution in [0.15, 0.2) is 4.99 Å². The van der Waals surface area contributed by atoms with Crippen molar-refractivity contribution in [1.82, 2.24) is 4.90 Å². The van der Waals surface area contributed by atoms with Crippen LogP contribution in [-0.2, 0) is 4.74 Å². The van der Waals surface area contributed by atoms with Crippen LogP contribution < -0.4 is 0 Å². The Morgan fingerprint density at radius 3 is 2.81 bits per heavy atom. The van der Waals surface area contributed by atoms with Gasteiger partial charge in [-0.15, -0.1) is 0 Å². The predicted octanol–water partition coefficient (Wildman–Crippen LogP) is -0.564. The van der Waals surface area contributed by atoms with Crippen molar-refractivity contribution in [1.29, 1.82) is 0 Å². The third-order valence-electron chi connectivity index (χ3n) is 2.66. The highest BCUT2D eigenvalue weighted by molar-refractivity contribution is 8.14. The van der Waals surface area contributed by atoms with Gasteiger partial charge in [-0.3, -0.25) is 4.99 Å². The maximum atomic E-state index is 13.8. The molecule has 1 saturated heterocycles. The first kappa shape index (κ1) is 12.1. The van der Waals surface area contributed by atoms with Gasteiger partial charge in [-0.2, -0.15) is 0 Å². The van der Waals surface area contributed by atoms with Crippen LogP contribution in [0.1, 0.15) is 0 Å². The van der Waals surface area contributed by atoms with Gasteiger partial charge in [0.25, 0.3) is 0 Å². The number of aliphatic hydroxyl groups excluding tert-OH is 2. The van der Waals surface area contributed by atoms with E-state index < -0.39 is 29.9 Å². The summed E-state index contributed by atoms with van der Waals surface area (Å²) in [6.45, 7) is -0.386. The summed E-state index contributed by atoms with van der Waals surface area (Å²) >= 11 is 1.32. The molecule has 2 heterocycles. The second-order valence-corrected chi connectivity index (χ2v) is 5.14. The Morgan fingerprint density at radius 1 is 1.56 bits per heavy atom. The van der Waals surface area contributed by atoms with Crippen molar-refractivity contribution in [2.24, 2.45) is 4.99 Å². The zero-order valence-corrected chi connectivity index (χ0v) is 9.89. The molecule has 5 atom stereocenters. The van der Waals surface area contributed by atoms with Gasteiger partial charge in [0, 0.05) is 14.1 Å². The van der Waals surface area contributed by atoms with E-state index in [1.807, 2.05) is 14.1 Å². The van der Waals surface area contributed by atoms with Gasteiger partial charge < -0.3 is 19.8 Å². The van der Waals surface area contributed by atoms with Gasteiger partial charge >= 0.3 is 0 Å². The summed E-state index contributed by atoms with van der Waals surface area (Å²) in [5.74, 6) is 0. The fourth-order valence-electron chi connectivity index (χ4n) is 1.75. The Hall–Kier alpha value is -0.370. The number of rotatable bonds is 1. The summed E-state index contributed by atoms with van der Waals surface area (Å²) in [6, 6.07) is -0.680. The van der Waals surface area contributed by atoms with Gasteiger partial charge in [-0.25, -0.2) is 4.39 Å². The largest absolute Gasteiger partial charge is 0.394 e. The third kappa shape index (κ3) is 1.92. The molecular weight excluding hydrogens is 235 g/mol. The molecule has 92 valence electrons. The molecule has 0 radical (unpaired) electrons. The predicted molar refractivity (Wildman–Crippen MR) is 59.2 cm³/mol. The van der Waals surface area contributed by atoms with Crippen molar-refractivity contribution < 1.29 is 19.3 Å². The third-order valence-corrected chi connectivity index (χ3v) is 3.97. The second kappa shape index (κ2) is 4.48. The van der Waals surface area contributed by atoms with Gasteiger partial charge in [-0.1, -0.05) is 11.8 Å². The monoisotopic (exact) mass is 250 g/mol. The minimum Gasteiger partial charge on any atom is -0.394 e. The Balaban J connectivity index is 2.14. The van der Waals surface area contributed by atoms with Crippen molar-refractivity contribution in [3.8, 4) is 0 Å². The number of hydrogen-bond donors (Lipinski definition) is 2. The molecule has 2 rings (SSSR count). The van der Waals surface area contributed by atoms with Gasteiger partial charge in [-0.05, 0) is 0 Å². The highest BCUT2D eigenvalue weighted by atomic mass is 32.2. The number of aliphatic imine (C=N–C) groups is 1. The normalized spacial score (nSPS) is 42.8. The topological polar surface area (TPSA) is 65.3 Å². The Morgan fingerprint density at radius 2 is 2.25 bits per heavy atom. The molecular formula is C9H15FN2O3S. The molecule has 0 aromatic heterocycles. The van der Waals surface area contributed by atoms with E-state index in [1.165, 1.54) is 11.8 Å². The van der Waals surface area contributed by atoms with Gasteiger partial charge in [0.15, 0.2) is 11.3 Å². The highest BCUT2D eigenvalue weighted by Gasteiger charge is 2.49. The summed E-state index contributed by atoms with van der Waals surface area (Å²) in [5.41, 5.74) is -0.451. The zero-order chi connectivity index (χ0) is 11.9. The van der Waals surface area contributed by atoms with Crippen molar-refractivity contribution >= 4 is 16.9 Å². The van der Waals surface area contributed by atoms with Crippen molar-refractivity contribution in [2.45, 2.75) is 29.9 Å². The molecule has 5 unspecified atom stereocenters. The molecule has 2 aliphatic heterocycles. The lowest BCUT2D eigenvalue weighted by molar-refractivity contribution is -0.144. The lowest BCUT2D eigenvalue weighted by Gasteiger charge is -2.36. The standard InChI is InChI=1S/C9H15FN2O3S/c1-12(2)9-11-6-5(10)7(14)4(3-13)15-8(6)16-9/h4-8,13-14H,3H2,1-2H3. The lowest BCUT2D eigenvalue weighted by atomic mass is 10.0. The molecule has 2 aliphatic rings. The zero-order valence-electron chi connectivity index (χ0n) is 9.08. The van der Waals surface area contributed by atoms with Crippen LogP contribution in [0.2, 0.25) is 0 Å². The average molecular weight is 250 g/mol. The van der Waals surface area contributed by atoms with Crippen LogP contribution in [0.25, 0.3) is 0 Å². The first-order valence-electron chi connectivity index (χ1n) is 5.05. The number of aliphatic hydroxyl groups is 2. The molecule has 0 amide bonds. The van der Waals surface area contributed by atoms with E-state index >= 15 is 0 Å². The highest BCUT2D eigenvalue weighted by Crippen LogP contribution is 2.37. The number of hydrogen-bond acceptors (Lipinski definition) is 6. The summed E-state index contributed by atoms with van der Waals surface area (Å²) < 4.78 is 19.2. The SMILES string of the molecule is CN(C)C1=NC2C(OC(CO)C(O)C2F)S1. The van der Waals surface area contributed by atoms with E-state index in [4.69, 9.17) is 9.84 Å². The molecule has 1 fully saturated rings. The summed E-state index contributed by atoms with van der Waals surface area (Å²) in [5, 5.41) is 19.2. The molecule has 0 aromatic rings. The molecule has 0 aromatic carbocycles.